The van der Waals surface area contributed by atoms with E-state index in [1.807, 2.05) is 11.8 Å². The van der Waals surface area contributed by atoms with E-state index in [1.54, 1.807) is 0 Å². The van der Waals surface area contributed by atoms with Crippen LogP contribution in [0.5, 0.6) is 0 Å². The number of thioether (sulfide) groups is 1. The molecular formula is C13H24N2OS. The van der Waals surface area contributed by atoms with Gasteiger partial charge >= 0.3 is 0 Å². The van der Waals surface area contributed by atoms with Crippen molar-refractivity contribution in [3.63, 3.8) is 0 Å². The van der Waals surface area contributed by atoms with Crippen molar-refractivity contribution in [3.05, 3.63) is 0 Å². The maximum atomic E-state index is 5.86. The van der Waals surface area contributed by atoms with Crippen molar-refractivity contribution in [3.8, 4) is 0 Å². The summed E-state index contributed by atoms with van der Waals surface area (Å²) in [6.45, 7) is 3.80. The predicted molar refractivity (Wildman–Crippen MR) is 74.8 cm³/mol. The Kier molecular flexibility index (Phi) is 5.65. The summed E-state index contributed by atoms with van der Waals surface area (Å²) in [6, 6.07) is 0.578. The van der Waals surface area contributed by atoms with E-state index in [0.29, 0.717) is 12.1 Å². The molecule has 2 aliphatic rings. The van der Waals surface area contributed by atoms with Crippen LogP contribution in [0.2, 0.25) is 0 Å². The minimum absolute atomic E-state index is 0.509. The molecule has 1 aliphatic heterocycles. The molecule has 0 aromatic heterocycles. The van der Waals surface area contributed by atoms with E-state index < -0.39 is 0 Å². The lowest BCUT2D eigenvalue weighted by atomic mass is 9.98. The molecule has 0 aromatic carbocycles. The first-order valence-electron chi connectivity index (χ1n) is 6.90. The van der Waals surface area contributed by atoms with Crippen LogP contribution in [0.25, 0.3) is 0 Å². The van der Waals surface area contributed by atoms with Gasteiger partial charge in [-0.3, -0.25) is 4.99 Å². The molecule has 0 amide bonds. The molecule has 0 aromatic rings. The van der Waals surface area contributed by atoms with E-state index in [2.05, 4.69) is 17.2 Å². The van der Waals surface area contributed by atoms with Gasteiger partial charge in [0.2, 0.25) is 0 Å². The van der Waals surface area contributed by atoms with Gasteiger partial charge in [-0.25, -0.2) is 0 Å². The first kappa shape index (κ1) is 13.2. The molecule has 0 spiro atoms. The average molecular weight is 256 g/mol. The summed E-state index contributed by atoms with van der Waals surface area (Å²) in [7, 11) is 0. The molecule has 2 rings (SSSR count). The van der Waals surface area contributed by atoms with Crippen molar-refractivity contribution in [2.75, 3.05) is 18.9 Å². The number of ether oxygens (including phenoxy) is 1. The lowest BCUT2D eigenvalue weighted by molar-refractivity contribution is 0.0335. The van der Waals surface area contributed by atoms with Crippen LogP contribution < -0.4 is 5.32 Å². The van der Waals surface area contributed by atoms with Gasteiger partial charge in [0.25, 0.3) is 0 Å². The number of nitrogens with zero attached hydrogens (tertiary/aromatic N) is 1. The van der Waals surface area contributed by atoms with Crippen LogP contribution in [0.3, 0.4) is 0 Å². The molecule has 2 fully saturated rings. The molecule has 1 aliphatic carbocycles. The number of aliphatic imine (C=N–C) groups is 1. The topological polar surface area (TPSA) is 33.6 Å². The number of amidine groups is 1. The number of hydrogen-bond donors (Lipinski definition) is 1. The first-order valence-corrected chi connectivity index (χ1v) is 7.88. The number of rotatable bonds is 4. The van der Waals surface area contributed by atoms with Gasteiger partial charge in [0, 0.05) is 11.8 Å². The Morgan fingerprint density at radius 2 is 2.12 bits per heavy atom. The SMILES string of the molecule is CC1CCSC(=NCCOC2CCCCC2)N1. The molecule has 1 N–H and O–H groups in total. The molecule has 98 valence electrons. The molecule has 1 atom stereocenters. The second kappa shape index (κ2) is 7.27. The third-order valence-electron chi connectivity index (χ3n) is 3.41. The van der Waals surface area contributed by atoms with Crippen LogP contribution in [0.15, 0.2) is 4.99 Å². The Bertz CT molecular complexity index is 252. The Balaban J connectivity index is 1.59. The van der Waals surface area contributed by atoms with Gasteiger partial charge in [-0.15, -0.1) is 0 Å². The zero-order chi connectivity index (χ0) is 11.9. The van der Waals surface area contributed by atoms with Crippen LogP contribution in [0.4, 0.5) is 0 Å². The van der Waals surface area contributed by atoms with Crippen LogP contribution in [0.1, 0.15) is 45.4 Å². The zero-order valence-corrected chi connectivity index (χ0v) is 11.6. The summed E-state index contributed by atoms with van der Waals surface area (Å²) in [5, 5.41) is 4.52. The third-order valence-corrected chi connectivity index (χ3v) is 4.37. The highest BCUT2D eigenvalue weighted by molar-refractivity contribution is 8.13. The molecule has 0 bridgehead atoms. The smallest absolute Gasteiger partial charge is 0.156 e. The summed E-state index contributed by atoms with van der Waals surface area (Å²) in [5.41, 5.74) is 0. The normalized spacial score (nSPS) is 29.2. The van der Waals surface area contributed by atoms with Crippen molar-refractivity contribution >= 4 is 16.9 Å². The third kappa shape index (κ3) is 4.88. The van der Waals surface area contributed by atoms with Gasteiger partial charge < -0.3 is 10.1 Å². The fourth-order valence-corrected chi connectivity index (χ4v) is 3.48. The zero-order valence-electron chi connectivity index (χ0n) is 10.8. The monoisotopic (exact) mass is 256 g/mol. The van der Waals surface area contributed by atoms with Crippen LogP contribution in [-0.4, -0.2) is 36.2 Å². The van der Waals surface area contributed by atoms with Crippen molar-refractivity contribution in [2.24, 2.45) is 4.99 Å². The summed E-state index contributed by atoms with van der Waals surface area (Å²) >= 11 is 1.84. The molecule has 17 heavy (non-hydrogen) atoms. The summed E-state index contributed by atoms with van der Waals surface area (Å²) in [5.74, 6) is 1.19. The van der Waals surface area contributed by atoms with E-state index in [9.17, 15) is 0 Å². The highest BCUT2D eigenvalue weighted by Gasteiger charge is 2.14. The van der Waals surface area contributed by atoms with E-state index >= 15 is 0 Å². The van der Waals surface area contributed by atoms with Gasteiger partial charge in [0.05, 0.1) is 19.3 Å². The largest absolute Gasteiger partial charge is 0.376 e. The van der Waals surface area contributed by atoms with E-state index in [4.69, 9.17) is 4.74 Å². The Morgan fingerprint density at radius 1 is 1.29 bits per heavy atom. The molecule has 0 radical (unpaired) electrons. The summed E-state index contributed by atoms with van der Waals surface area (Å²) < 4.78 is 5.86. The van der Waals surface area contributed by atoms with E-state index in [0.717, 1.165) is 18.3 Å². The van der Waals surface area contributed by atoms with Crippen molar-refractivity contribution in [1.29, 1.82) is 0 Å². The molecule has 3 nitrogen and oxygen atoms in total. The van der Waals surface area contributed by atoms with Crippen LogP contribution in [0, 0.1) is 0 Å². The molecule has 4 heteroatoms. The lowest BCUT2D eigenvalue weighted by Crippen LogP contribution is -2.35. The highest BCUT2D eigenvalue weighted by Crippen LogP contribution is 2.20. The fourth-order valence-electron chi connectivity index (χ4n) is 2.35. The Hall–Kier alpha value is -0.220. The lowest BCUT2D eigenvalue weighted by Gasteiger charge is -2.23. The predicted octanol–water partition coefficient (Wildman–Crippen LogP) is 2.81. The van der Waals surface area contributed by atoms with Gasteiger partial charge in [-0.05, 0) is 26.2 Å². The quantitative estimate of drug-likeness (QED) is 0.785. The van der Waals surface area contributed by atoms with Gasteiger partial charge in [-0.2, -0.15) is 0 Å². The maximum Gasteiger partial charge on any atom is 0.156 e. The first-order chi connectivity index (χ1) is 8.34. The second-order valence-corrected chi connectivity index (χ2v) is 6.08. The van der Waals surface area contributed by atoms with Crippen molar-refractivity contribution in [1.82, 2.24) is 5.32 Å². The van der Waals surface area contributed by atoms with Crippen molar-refractivity contribution < 1.29 is 4.74 Å². The molecule has 1 saturated heterocycles. The second-order valence-electron chi connectivity index (χ2n) is 5.00. The van der Waals surface area contributed by atoms with E-state index in [-0.39, 0.29) is 0 Å². The fraction of sp³-hybridized carbons (Fsp3) is 0.923. The van der Waals surface area contributed by atoms with Gasteiger partial charge in [-0.1, -0.05) is 31.0 Å². The van der Waals surface area contributed by atoms with Crippen LogP contribution in [-0.2, 0) is 4.74 Å². The average Bonchev–Trinajstić information content (AvgIpc) is 2.36. The standard InChI is InChI=1S/C13H24N2OS/c1-11-7-10-17-13(15-11)14-8-9-16-12-5-3-2-4-6-12/h11-12H,2-10H2,1H3,(H,14,15). The van der Waals surface area contributed by atoms with E-state index in [1.165, 1.54) is 44.3 Å². The minimum Gasteiger partial charge on any atom is -0.376 e. The van der Waals surface area contributed by atoms with Gasteiger partial charge in [0.15, 0.2) is 5.17 Å². The molecular weight excluding hydrogens is 232 g/mol. The summed E-state index contributed by atoms with van der Waals surface area (Å²) in [6.07, 6.45) is 8.32. The van der Waals surface area contributed by atoms with Crippen molar-refractivity contribution in [2.45, 2.75) is 57.6 Å². The maximum absolute atomic E-state index is 5.86. The Morgan fingerprint density at radius 3 is 2.88 bits per heavy atom. The highest BCUT2D eigenvalue weighted by atomic mass is 32.2. The number of hydrogen-bond acceptors (Lipinski definition) is 3. The van der Waals surface area contributed by atoms with Crippen LogP contribution >= 0.6 is 11.8 Å². The van der Waals surface area contributed by atoms with Gasteiger partial charge in [0.1, 0.15) is 0 Å². The molecule has 1 heterocycles. The molecule has 1 saturated carbocycles. The molecule has 1 unspecified atom stereocenters. The number of nitrogens with one attached hydrogen (secondary N) is 1. The Labute approximate surface area is 109 Å². The minimum atomic E-state index is 0.509. The summed E-state index contributed by atoms with van der Waals surface area (Å²) in [4.78, 5) is 4.56.